The number of aliphatic imine (C=N–C) groups is 1. The van der Waals surface area contributed by atoms with Gasteiger partial charge in [0, 0.05) is 17.3 Å². The second-order valence-electron chi connectivity index (χ2n) is 6.30. The molecular formula is C18H24FN5O4. The van der Waals surface area contributed by atoms with Gasteiger partial charge in [-0.05, 0) is 25.1 Å². The van der Waals surface area contributed by atoms with Crippen molar-refractivity contribution in [2.45, 2.75) is 25.6 Å². The van der Waals surface area contributed by atoms with Crippen LogP contribution in [0.1, 0.15) is 23.7 Å². The number of carbonyl (C=O) groups is 3. The van der Waals surface area contributed by atoms with Gasteiger partial charge in [-0.1, -0.05) is 6.07 Å². The van der Waals surface area contributed by atoms with Crippen molar-refractivity contribution in [2.24, 2.45) is 4.99 Å². The molecule has 2 atom stereocenters. The summed E-state index contributed by atoms with van der Waals surface area (Å²) in [6, 6.07) is 6.21. The van der Waals surface area contributed by atoms with Crippen LogP contribution in [-0.2, 0) is 14.3 Å². The number of alkyl halides is 1. The summed E-state index contributed by atoms with van der Waals surface area (Å²) in [6.45, 7) is 1.70. The molecule has 0 saturated heterocycles. The van der Waals surface area contributed by atoms with Gasteiger partial charge in [0.1, 0.15) is 6.17 Å². The first kappa shape index (κ1) is 21.1. The molecule has 10 heteroatoms. The number of rotatable bonds is 7. The minimum atomic E-state index is -1.01. The van der Waals surface area contributed by atoms with Crippen LogP contribution < -0.4 is 21.3 Å². The molecule has 0 spiro atoms. The first-order chi connectivity index (χ1) is 13.4. The van der Waals surface area contributed by atoms with Crippen LogP contribution in [0.2, 0.25) is 0 Å². The van der Waals surface area contributed by atoms with E-state index in [0.29, 0.717) is 17.2 Å². The van der Waals surface area contributed by atoms with Gasteiger partial charge in [-0.25, -0.2) is 9.38 Å². The molecule has 0 bridgehead atoms. The number of methoxy groups -OCH3 is 1. The Morgan fingerprint density at radius 3 is 2.86 bits per heavy atom. The topological polar surface area (TPSA) is 121 Å². The van der Waals surface area contributed by atoms with Crippen LogP contribution in [0, 0.1) is 0 Å². The molecular weight excluding hydrogens is 369 g/mol. The first-order valence-electron chi connectivity index (χ1n) is 8.81. The predicted molar refractivity (Wildman–Crippen MR) is 102 cm³/mol. The zero-order chi connectivity index (χ0) is 20.5. The van der Waals surface area contributed by atoms with E-state index in [1.54, 1.807) is 31.2 Å². The third-order valence-electron chi connectivity index (χ3n) is 3.84. The number of nitrogens with zero attached hydrogens (tertiary/aromatic N) is 1. The van der Waals surface area contributed by atoms with Crippen molar-refractivity contribution in [3.8, 4) is 0 Å². The van der Waals surface area contributed by atoms with E-state index < -0.39 is 30.0 Å². The maximum Gasteiger partial charge on any atom is 0.307 e. The highest BCUT2D eigenvalue weighted by atomic mass is 19.1. The molecule has 2 rings (SSSR count). The Bertz CT molecular complexity index is 755. The van der Waals surface area contributed by atoms with Gasteiger partial charge in [0.05, 0.1) is 33.2 Å². The quantitative estimate of drug-likeness (QED) is 0.491. The Balaban J connectivity index is 1.84. The van der Waals surface area contributed by atoms with E-state index in [-0.39, 0.29) is 26.1 Å². The minimum absolute atomic E-state index is 0.0466. The summed E-state index contributed by atoms with van der Waals surface area (Å²) in [5, 5.41) is 10.9. The molecule has 2 amide bonds. The van der Waals surface area contributed by atoms with Crippen molar-refractivity contribution in [2.75, 3.05) is 32.1 Å². The smallest absolute Gasteiger partial charge is 0.307 e. The van der Waals surface area contributed by atoms with Gasteiger partial charge < -0.3 is 26.0 Å². The highest BCUT2D eigenvalue weighted by Gasteiger charge is 2.15. The lowest BCUT2D eigenvalue weighted by Gasteiger charge is -2.19. The van der Waals surface area contributed by atoms with Gasteiger partial charge in [-0.15, -0.1) is 0 Å². The number of guanidine groups is 1. The Morgan fingerprint density at radius 1 is 1.39 bits per heavy atom. The van der Waals surface area contributed by atoms with E-state index in [0.717, 1.165) is 0 Å². The number of esters is 1. The number of amides is 2. The molecule has 0 aromatic heterocycles. The Labute approximate surface area is 162 Å². The Morgan fingerprint density at radius 2 is 2.18 bits per heavy atom. The van der Waals surface area contributed by atoms with E-state index in [9.17, 15) is 18.8 Å². The van der Waals surface area contributed by atoms with Crippen LogP contribution in [0.15, 0.2) is 29.3 Å². The molecule has 1 aromatic rings. The lowest BCUT2D eigenvalue weighted by Crippen LogP contribution is -2.41. The predicted octanol–water partition coefficient (Wildman–Crippen LogP) is 0.193. The van der Waals surface area contributed by atoms with Crippen molar-refractivity contribution in [1.29, 1.82) is 0 Å². The van der Waals surface area contributed by atoms with Gasteiger partial charge in [-0.2, -0.15) is 0 Å². The maximum absolute atomic E-state index is 13.1. The van der Waals surface area contributed by atoms with Gasteiger partial charge in [-0.3, -0.25) is 14.4 Å². The van der Waals surface area contributed by atoms with Crippen LogP contribution in [0.25, 0.3) is 0 Å². The summed E-state index contributed by atoms with van der Waals surface area (Å²) < 4.78 is 17.6. The van der Waals surface area contributed by atoms with E-state index in [4.69, 9.17) is 0 Å². The van der Waals surface area contributed by atoms with E-state index in [1.165, 1.54) is 7.11 Å². The summed E-state index contributed by atoms with van der Waals surface area (Å²) in [5.41, 5.74) is 0.951. The monoisotopic (exact) mass is 393 g/mol. The van der Waals surface area contributed by atoms with Crippen LogP contribution in [-0.4, -0.2) is 62.7 Å². The maximum atomic E-state index is 13.1. The lowest BCUT2D eigenvalue weighted by molar-refractivity contribution is -0.141. The first-order valence-corrected chi connectivity index (χ1v) is 8.81. The molecule has 1 aliphatic rings. The molecule has 0 saturated carbocycles. The highest BCUT2D eigenvalue weighted by molar-refractivity contribution is 5.99. The van der Waals surface area contributed by atoms with E-state index >= 15 is 0 Å². The summed E-state index contributed by atoms with van der Waals surface area (Å²) in [7, 11) is 1.27. The largest absolute Gasteiger partial charge is 0.469 e. The minimum Gasteiger partial charge on any atom is -0.469 e. The van der Waals surface area contributed by atoms with Crippen molar-refractivity contribution in [3.05, 3.63) is 29.8 Å². The van der Waals surface area contributed by atoms with E-state index in [1.807, 2.05) is 0 Å². The second kappa shape index (κ2) is 10.2. The zero-order valence-electron chi connectivity index (χ0n) is 15.8. The lowest BCUT2D eigenvalue weighted by atomic mass is 10.2. The Hall–Kier alpha value is -3.17. The van der Waals surface area contributed by atoms with Crippen molar-refractivity contribution < 1.29 is 23.5 Å². The average molecular weight is 393 g/mol. The SMILES string of the molecule is COC(=O)C[C@@H](C)NC(=O)CNC(=O)c1cccc(NC2=NCC(F)CN2)c1. The molecule has 0 aliphatic carbocycles. The number of ether oxygens (including phenoxy) is 1. The molecule has 152 valence electrons. The molecule has 1 aromatic carbocycles. The second-order valence-corrected chi connectivity index (χ2v) is 6.30. The van der Waals surface area contributed by atoms with Gasteiger partial charge >= 0.3 is 5.97 Å². The normalized spacial score (nSPS) is 16.8. The number of halogens is 1. The van der Waals surface area contributed by atoms with Crippen molar-refractivity contribution >= 4 is 29.4 Å². The van der Waals surface area contributed by atoms with Crippen molar-refractivity contribution in [3.63, 3.8) is 0 Å². The van der Waals surface area contributed by atoms with Crippen molar-refractivity contribution in [1.82, 2.24) is 16.0 Å². The van der Waals surface area contributed by atoms with Gasteiger partial charge in [0.15, 0.2) is 5.96 Å². The fourth-order valence-corrected chi connectivity index (χ4v) is 2.45. The molecule has 1 heterocycles. The van der Waals surface area contributed by atoms with E-state index in [2.05, 4.69) is 31.0 Å². The van der Waals surface area contributed by atoms with Crippen LogP contribution in [0.3, 0.4) is 0 Å². The van der Waals surface area contributed by atoms with Gasteiger partial charge in [0.2, 0.25) is 5.91 Å². The number of carbonyl (C=O) groups excluding carboxylic acids is 3. The fraction of sp³-hybridized carbons (Fsp3) is 0.444. The summed E-state index contributed by atoms with van der Waals surface area (Å²) in [4.78, 5) is 39.3. The van der Waals surface area contributed by atoms with Gasteiger partial charge in [0.25, 0.3) is 5.91 Å². The number of benzene rings is 1. The number of hydrogen-bond donors (Lipinski definition) is 4. The molecule has 28 heavy (non-hydrogen) atoms. The molecule has 9 nitrogen and oxygen atoms in total. The summed E-state index contributed by atoms with van der Waals surface area (Å²) in [6.07, 6.45) is -0.963. The summed E-state index contributed by atoms with van der Waals surface area (Å²) >= 11 is 0. The average Bonchev–Trinajstić information content (AvgIpc) is 2.68. The Kier molecular flexibility index (Phi) is 7.73. The summed E-state index contributed by atoms with van der Waals surface area (Å²) in [5.74, 6) is -0.840. The van der Waals surface area contributed by atoms with Crippen LogP contribution >= 0.6 is 0 Å². The zero-order valence-corrected chi connectivity index (χ0v) is 15.8. The molecule has 1 unspecified atom stereocenters. The molecule has 4 N–H and O–H groups in total. The van der Waals surface area contributed by atoms with Crippen LogP contribution in [0.5, 0.6) is 0 Å². The third kappa shape index (κ3) is 6.86. The fourth-order valence-electron chi connectivity index (χ4n) is 2.45. The number of nitrogens with one attached hydrogen (secondary N) is 4. The standard InChI is InChI=1S/C18H24FN5O4/c1-11(6-16(26)28-2)23-15(25)10-20-17(27)12-4-3-5-14(7-12)24-18-21-8-13(19)9-22-18/h3-5,7,11,13H,6,8-10H2,1-2H3,(H,20,27)(H,23,25)(H2,21,22,24)/t11-/m1/s1. The third-order valence-corrected chi connectivity index (χ3v) is 3.84. The molecule has 0 radical (unpaired) electrons. The number of anilines is 1. The molecule has 1 aliphatic heterocycles. The highest BCUT2D eigenvalue weighted by Crippen LogP contribution is 2.11. The van der Waals surface area contributed by atoms with Crippen LogP contribution in [0.4, 0.5) is 10.1 Å². The molecule has 0 fully saturated rings. The number of hydrogen-bond acceptors (Lipinski definition) is 7.